The number of carbonyl (C=O) groups is 2. The number of benzene rings is 1. The topological polar surface area (TPSA) is 102 Å². The summed E-state index contributed by atoms with van der Waals surface area (Å²) in [5, 5.41) is 11.8. The summed E-state index contributed by atoms with van der Waals surface area (Å²) < 4.78 is 4.97. The van der Waals surface area contributed by atoms with Gasteiger partial charge in [0.1, 0.15) is 12.6 Å². The Morgan fingerprint density at radius 3 is 2.59 bits per heavy atom. The minimum atomic E-state index is -1.10. The molecule has 4 N–H and O–H groups in total. The quantitative estimate of drug-likeness (QED) is 0.625. The highest BCUT2D eigenvalue weighted by molar-refractivity contribution is 6.31. The van der Waals surface area contributed by atoms with Crippen molar-refractivity contribution in [1.82, 2.24) is 5.32 Å². The molecular weight excluding hydrogens is 331 g/mol. The van der Waals surface area contributed by atoms with E-state index in [2.05, 4.69) is 5.32 Å². The first-order valence-corrected chi connectivity index (χ1v) is 7.02. The van der Waals surface area contributed by atoms with Gasteiger partial charge in [0.2, 0.25) is 0 Å². The van der Waals surface area contributed by atoms with Crippen molar-refractivity contribution >= 4 is 36.1 Å². The maximum atomic E-state index is 11.6. The number of amides is 1. The Bertz CT molecular complexity index is 486. The van der Waals surface area contributed by atoms with E-state index in [1.165, 1.54) is 0 Å². The number of halogens is 2. The maximum Gasteiger partial charge on any atom is 0.408 e. The first-order chi connectivity index (χ1) is 10.0. The average molecular weight is 351 g/mol. The summed E-state index contributed by atoms with van der Waals surface area (Å²) in [5.74, 6) is -1.10. The SMILES string of the molecule is Cl.NCCCCC(NC(=O)OCc1ccccc1Cl)C(=O)O. The highest BCUT2D eigenvalue weighted by Crippen LogP contribution is 2.15. The van der Waals surface area contributed by atoms with Crippen LogP contribution in [0.2, 0.25) is 5.02 Å². The molecule has 0 spiro atoms. The third kappa shape index (κ3) is 7.49. The number of rotatable bonds is 8. The second-order valence-electron chi connectivity index (χ2n) is 4.49. The molecule has 8 heteroatoms. The Labute approximate surface area is 140 Å². The van der Waals surface area contributed by atoms with E-state index in [0.29, 0.717) is 36.4 Å². The highest BCUT2D eigenvalue weighted by atomic mass is 35.5. The minimum Gasteiger partial charge on any atom is -0.480 e. The molecule has 0 aliphatic rings. The van der Waals surface area contributed by atoms with Crippen LogP contribution < -0.4 is 11.1 Å². The number of carbonyl (C=O) groups excluding carboxylic acids is 1. The maximum absolute atomic E-state index is 11.6. The molecule has 0 saturated carbocycles. The largest absolute Gasteiger partial charge is 0.480 e. The molecule has 1 amide bonds. The van der Waals surface area contributed by atoms with Gasteiger partial charge in [-0.2, -0.15) is 0 Å². The number of aliphatic carboxylic acids is 1. The minimum absolute atomic E-state index is 0. The van der Waals surface area contributed by atoms with Crippen LogP contribution in [0.4, 0.5) is 4.79 Å². The molecule has 0 aliphatic carbocycles. The zero-order valence-electron chi connectivity index (χ0n) is 12.0. The van der Waals surface area contributed by atoms with E-state index in [4.69, 9.17) is 27.2 Å². The van der Waals surface area contributed by atoms with Crippen molar-refractivity contribution in [1.29, 1.82) is 0 Å². The second-order valence-corrected chi connectivity index (χ2v) is 4.89. The van der Waals surface area contributed by atoms with Crippen LogP contribution in [-0.2, 0) is 16.1 Å². The Kier molecular flexibility index (Phi) is 10.4. The normalized spacial score (nSPS) is 11.2. The molecule has 0 heterocycles. The summed E-state index contributed by atoms with van der Waals surface area (Å²) in [7, 11) is 0. The number of ether oxygens (including phenoxy) is 1. The first-order valence-electron chi connectivity index (χ1n) is 6.64. The molecule has 0 fully saturated rings. The van der Waals surface area contributed by atoms with Crippen LogP contribution in [0.3, 0.4) is 0 Å². The number of carboxylic acids is 1. The van der Waals surface area contributed by atoms with Gasteiger partial charge in [0.25, 0.3) is 0 Å². The van der Waals surface area contributed by atoms with E-state index in [0.717, 1.165) is 0 Å². The lowest BCUT2D eigenvalue weighted by molar-refractivity contribution is -0.139. The Balaban J connectivity index is 0.00000441. The van der Waals surface area contributed by atoms with Gasteiger partial charge in [-0.05, 0) is 31.9 Å². The van der Waals surface area contributed by atoms with E-state index >= 15 is 0 Å². The fourth-order valence-electron chi connectivity index (χ4n) is 1.69. The van der Waals surface area contributed by atoms with Crippen molar-refractivity contribution in [2.45, 2.75) is 31.9 Å². The molecule has 0 bridgehead atoms. The molecule has 1 unspecified atom stereocenters. The molecule has 22 heavy (non-hydrogen) atoms. The van der Waals surface area contributed by atoms with Gasteiger partial charge in [-0.1, -0.05) is 29.8 Å². The standard InChI is InChI=1S/C14H19ClN2O4.ClH/c15-11-6-2-1-5-10(11)9-21-14(20)17-12(13(18)19)7-3-4-8-16;/h1-2,5-6,12H,3-4,7-9,16H2,(H,17,20)(H,18,19);1H. The molecule has 1 aromatic carbocycles. The van der Waals surface area contributed by atoms with Crippen molar-refractivity contribution in [3.63, 3.8) is 0 Å². The number of unbranched alkanes of at least 4 members (excludes halogenated alkanes) is 1. The number of hydrogen-bond acceptors (Lipinski definition) is 4. The van der Waals surface area contributed by atoms with Crippen molar-refractivity contribution in [2.75, 3.05) is 6.54 Å². The molecule has 6 nitrogen and oxygen atoms in total. The predicted molar refractivity (Wildman–Crippen MR) is 86.3 cm³/mol. The van der Waals surface area contributed by atoms with Crippen LogP contribution in [0.1, 0.15) is 24.8 Å². The molecule has 0 saturated heterocycles. The van der Waals surface area contributed by atoms with Gasteiger partial charge in [-0.15, -0.1) is 12.4 Å². The average Bonchev–Trinajstić information content (AvgIpc) is 2.45. The zero-order valence-corrected chi connectivity index (χ0v) is 13.5. The summed E-state index contributed by atoms with van der Waals surface area (Å²) in [6.45, 7) is 0.476. The smallest absolute Gasteiger partial charge is 0.408 e. The lowest BCUT2D eigenvalue weighted by Gasteiger charge is -2.14. The summed E-state index contributed by atoms with van der Waals surface area (Å²) in [5.41, 5.74) is 6.00. The summed E-state index contributed by atoms with van der Waals surface area (Å²) in [4.78, 5) is 22.6. The van der Waals surface area contributed by atoms with Crippen LogP contribution in [0.5, 0.6) is 0 Å². The number of nitrogens with one attached hydrogen (secondary N) is 1. The fourth-order valence-corrected chi connectivity index (χ4v) is 1.88. The Morgan fingerprint density at radius 2 is 2.00 bits per heavy atom. The van der Waals surface area contributed by atoms with Gasteiger partial charge in [0.05, 0.1) is 0 Å². The van der Waals surface area contributed by atoms with Gasteiger partial charge < -0.3 is 20.9 Å². The molecule has 0 aromatic heterocycles. The van der Waals surface area contributed by atoms with Gasteiger partial charge >= 0.3 is 12.1 Å². The monoisotopic (exact) mass is 350 g/mol. The van der Waals surface area contributed by atoms with Crippen molar-refractivity contribution in [3.8, 4) is 0 Å². The van der Waals surface area contributed by atoms with E-state index in [-0.39, 0.29) is 19.0 Å². The lowest BCUT2D eigenvalue weighted by atomic mass is 10.1. The second kappa shape index (κ2) is 11.1. The highest BCUT2D eigenvalue weighted by Gasteiger charge is 2.20. The van der Waals surface area contributed by atoms with E-state index < -0.39 is 18.1 Å². The van der Waals surface area contributed by atoms with Gasteiger partial charge in [-0.25, -0.2) is 9.59 Å². The molecule has 0 aliphatic heterocycles. The third-order valence-corrected chi connectivity index (χ3v) is 3.22. The van der Waals surface area contributed by atoms with Gasteiger partial charge in [0.15, 0.2) is 0 Å². The number of hydrogen-bond donors (Lipinski definition) is 3. The Morgan fingerprint density at radius 1 is 1.32 bits per heavy atom. The van der Waals surface area contributed by atoms with Crippen molar-refractivity contribution in [3.05, 3.63) is 34.9 Å². The fraction of sp³-hybridized carbons (Fsp3) is 0.429. The van der Waals surface area contributed by atoms with Gasteiger partial charge in [0, 0.05) is 10.6 Å². The molecule has 124 valence electrons. The van der Waals surface area contributed by atoms with Crippen LogP contribution in [-0.4, -0.2) is 29.8 Å². The van der Waals surface area contributed by atoms with Crippen molar-refractivity contribution in [2.24, 2.45) is 5.73 Å². The summed E-state index contributed by atoms with van der Waals surface area (Å²) >= 11 is 5.93. The van der Waals surface area contributed by atoms with Gasteiger partial charge in [-0.3, -0.25) is 0 Å². The number of alkyl carbamates (subject to hydrolysis) is 1. The molecule has 1 aromatic rings. The van der Waals surface area contributed by atoms with E-state index in [9.17, 15) is 9.59 Å². The molecule has 1 atom stereocenters. The number of carboxylic acid groups (broad SMARTS) is 1. The first kappa shape index (κ1) is 20.5. The summed E-state index contributed by atoms with van der Waals surface area (Å²) in [6, 6.07) is 5.98. The van der Waals surface area contributed by atoms with Crippen LogP contribution in [0.15, 0.2) is 24.3 Å². The molecule has 1 rings (SSSR count). The third-order valence-electron chi connectivity index (χ3n) is 2.85. The van der Waals surface area contributed by atoms with Crippen molar-refractivity contribution < 1.29 is 19.4 Å². The lowest BCUT2D eigenvalue weighted by Crippen LogP contribution is -2.41. The predicted octanol–water partition coefficient (Wildman–Crippen LogP) is 2.57. The summed E-state index contributed by atoms with van der Waals surface area (Å²) in [6.07, 6.45) is 0.863. The van der Waals surface area contributed by atoms with Crippen LogP contribution in [0, 0.1) is 0 Å². The van der Waals surface area contributed by atoms with E-state index in [1.54, 1.807) is 24.3 Å². The number of nitrogens with two attached hydrogens (primary N) is 1. The van der Waals surface area contributed by atoms with Crippen LogP contribution >= 0.6 is 24.0 Å². The van der Waals surface area contributed by atoms with E-state index in [1.807, 2.05) is 0 Å². The molecule has 0 radical (unpaired) electrons. The Hall–Kier alpha value is -1.50. The molecular formula is C14H20Cl2N2O4. The zero-order chi connectivity index (χ0) is 15.7. The van der Waals surface area contributed by atoms with Crippen LogP contribution in [0.25, 0.3) is 0 Å².